The first-order valence-electron chi connectivity index (χ1n) is 7.34. The van der Waals surface area contributed by atoms with Crippen LogP contribution in [0.1, 0.15) is 48.6 Å². The van der Waals surface area contributed by atoms with Crippen LogP contribution < -0.4 is 10.5 Å². The third-order valence-electron chi connectivity index (χ3n) is 3.99. The molecule has 2 aromatic carbocycles. The van der Waals surface area contributed by atoms with Crippen LogP contribution in [0.5, 0.6) is 5.75 Å². The van der Waals surface area contributed by atoms with Crippen LogP contribution in [0.3, 0.4) is 0 Å². The number of fused-ring (bicyclic) bond motifs is 1. The maximum atomic E-state index is 6.29. The molecule has 0 amide bonds. The van der Waals surface area contributed by atoms with Crippen molar-refractivity contribution in [3.05, 3.63) is 65.2 Å². The molecule has 1 unspecified atom stereocenters. The predicted molar refractivity (Wildman–Crippen MR) is 81.8 cm³/mol. The van der Waals surface area contributed by atoms with E-state index in [-0.39, 0.29) is 12.1 Å². The molecule has 0 heterocycles. The predicted octanol–water partition coefficient (Wildman–Crippen LogP) is 4.16. The first-order valence-corrected chi connectivity index (χ1v) is 7.34. The number of para-hydroxylation sites is 1. The molecule has 1 aliphatic rings. The quantitative estimate of drug-likeness (QED) is 0.906. The van der Waals surface area contributed by atoms with Crippen molar-refractivity contribution in [3.8, 4) is 5.75 Å². The maximum absolute atomic E-state index is 6.29. The van der Waals surface area contributed by atoms with Gasteiger partial charge in [0.05, 0.1) is 0 Å². The molecular formula is C18H21NO. The van der Waals surface area contributed by atoms with E-state index in [2.05, 4.69) is 30.3 Å². The van der Waals surface area contributed by atoms with Gasteiger partial charge in [0.1, 0.15) is 11.9 Å². The van der Waals surface area contributed by atoms with Crippen molar-refractivity contribution >= 4 is 0 Å². The first kappa shape index (κ1) is 13.2. The smallest absolute Gasteiger partial charge is 0.124 e. The van der Waals surface area contributed by atoms with E-state index >= 15 is 0 Å². The third kappa shape index (κ3) is 2.56. The van der Waals surface area contributed by atoms with Crippen molar-refractivity contribution in [1.82, 2.24) is 0 Å². The summed E-state index contributed by atoms with van der Waals surface area (Å²) in [6.45, 7) is 2.00. The van der Waals surface area contributed by atoms with Crippen molar-refractivity contribution in [2.45, 2.75) is 38.3 Å². The first-order chi connectivity index (χ1) is 9.75. The fourth-order valence-corrected chi connectivity index (χ4v) is 2.95. The Morgan fingerprint density at radius 3 is 2.70 bits per heavy atom. The van der Waals surface area contributed by atoms with Gasteiger partial charge in [-0.2, -0.15) is 0 Å². The average Bonchev–Trinajstić information content (AvgIpc) is 2.48. The van der Waals surface area contributed by atoms with E-state index in [1.165, 1.54) is 17.5 Å². The highest BCUT2D eigenvalue weighted by molar-refractivity contribution is 5.38. The number of ether oxygens (including phenoxy) is 1. The van der Waals surface area contributed by atoms with Crippen molar-refractivity contribution in [2.24, 2.45) is 5.73 Å². The normalized spacial score (nSPS) is 19.2. The number of hydrogen-bond acceptors (Lipinski definition) is 2. The van der Waals surface area contributed by atoms with Gasteiger partial charge in [-0.1, -0.05) is 42.5 Å². The summed E-state index contributed by atoms with van der Waals surface area (Å²) in [5.74, 6) is 0.921. The lowest BCUT2D eigenvalue weighted by Gasteiger charge is -2.27. The highest BCUT2D eigenvalue weighted by Gasteiger charge is 2.22. The number of aryl methyl sites for hydroxylation is 1. The van der Waals surface area contributed by atoms with E-state index in [9.17, 15) is 0 Å². The van der Waals surface area contributed by atoms with Gasteiger partial charge < -0.3 is 10.5 Å². The Labute approximate surface area is 120 Å². The van der Waals surface area contributed by atoms with E-state index in [4.69, 9.17) is 10.5 Å². The Balaban J connectivity index is 1.90. The number of rotatable bonds is 3. The monoisotopic (exact) mass is 267 g/mol. The number of hydrogen-bond donors (Lipinski definition) is 1. The molecule has 0 radical (unpaired) electrons. The molecule has 0 bridgehead atoms. The minimum atomic E-state index is -0.00923. The van der Waals surface area contributed by atoms with Gasteiger partial charge in [-0.05, 0) is 43.4 Å². The zero-order valence-electron chi connectivity index (χ0n) is 11.9. The van der Waals surface area contributed by atoms with Crippen LogP contribution in [-0.4, -0.2) is 0 Å². The van der Waals surface area contributed by atoms with Gasteiger partial charge in [0.15, 0.2) is 0 Å². The standard InChI is InChI=1S/C18H21NO/c1-13(19)15-9-4-5-11-17(15)20-18-12-6-8-14-7-2-3-10-16(14)18/h2-5,7,9-11,13,18H,6,8,12,19H2,1H3/t13-,18?/m0/s1. The van der Waals surface area contributed by atoms with Gasteiger partial charge in [0, 0.05) is 11.6 Å². The molecule has 0 aliphatic heterocycles. The summed E-state index contributed by atoms with van der Waals surface area (Å²) < 4.78 is 6.29. The second-order valence-corrected chi connectivity index (χ2v) is 5.52. The van der Waals surface area contributed by atoms with E-state index in [1.807, 2.05) is 25.1 Å². The lowest BCUT2D eigenvalue weighted by atomic mass is 9.89. The molecule has 2 nitrogen and oxygen atoms in total. The minimum Gasteiger partial charge on any atom is -0.485 e. The van der Waals surface area contributed by atoms with Gasteiger partial charge in [-0.15, -0.1) is 0 Å². The summed E-state index contributed by atoms with van der Waals surface area (Å²) in [6.07, 6.45) is 3.57. The van der Waals surface area contributed by atoms with Crippen molar-refractivity contribution < 1.29 is 4.74 Å². The summed E-state index contributed by atoms with van der Waals surface area (Å²) in [5, 5.41) is 0. The van der Waals surface area contributed by atoms with Crippen molar-refractivity contribution in [1.29, 1.82) is 0 Å². The van der Waals surface area contributed by atoms with Gasteiger partial charge in [-0.3, -0.25) is 0 Å². The fourth-order valence-electron chi connectivity index (χ4n) is 2.95. The Morgan fingerprint density at radius 1 is 1.10 bits per heavy atom. The Kier molecular flexibility index (Phi) is 3.75. The molecule has 104 valence electrons. The summed E-state index contributed by atoms with van der Waals surface area (Å²) in [5.41, 5.74) is 9.86. The lowest BCUT2D eigenvalue weighted by molar-refractivity contribution is 0.181. The molecule has 20 heavy (non-hydrogen) atoms. The maximum Gasteiger partial charge on any atom is 0.124 e. The van der Waals surface area contributed by atoms with E-state index < -0.39 is 0 Å². The highest BCUT2D eigenvalue weighted by Crippen LogP contribution is 2.35. The Hall–Kier alpha value is -1.80. The van der Waals surface area contributed by atoms with E-state index in [0.29, 0.717) is 0 Å². The van der Waals surface area contributed by atoms with Gasteiger partial charge in [0.2, 0.25) is 0 Å². The molecule has 0 fully saturated rings. The van der Waals surface area contributed by atoms with Crippen LogP contribution >= 0.6 is 0 Å². The average molecular weight is 267 g/mol. The van der Waals surface area contributed by atoms with Crippen LogP contribution in [0.25, 0.3) is 0 Å². The third-order valence-corrected chi connectivity index (χ3v) is 3.99. The lowest BCUT2D eigenvalue weighted by Crippen LogP contribution is -2.17. The fraction of sp³-hybridized carbons (Fsp3) is 0.333. The molecular weight excluding hydrogens is 246 g/mol. The summed E-state index contributed by atoms with van der Waals surface area (Å²) >= 11 is 0. The van der Waals surface area contributed by atoms with Crippen molar-refractivity contribution in [3.63, 3.8) is 0 Å². The Morgan fingerprint density at radius 2 is 1.85 bits per heavy atom. The molecule has 2 heteroatoms. The van der Waals surface area contributed by atoms with Gasteiger partial charge >= 0.3 is 0 Å². The summed E-state index contributed by atoms with van der Waals surface area (Å²) in [6, 6.07) is 16.7. The molecule has 1 aliphatic carbocycles. The molecule has 2 N–H and O–H groups in total. The zero-order chi connectivity index (χ0) is 13.9. The second-order valence-electron chi connectivity index (χ2n) is 5.52. The molecule has 2 aromatic rings. The number of nitrogens with two attached hydrogens (primary N) is 1. The van der Waals surface area contributed by atoms with Gasteiger partial charge in [0.25, 0.3) is 0 Å². The van der Waals surface area contributed by atoms with E-state index in [0.717, 1.165) is 24.2 Å². The summed E-state index contributed by atoms with van der Waals surface area (Å²) in [4.78, 5) is 0. The van der Waals surface area contributed by atoms with Crippen LogP contribution in [0.4, 0.5) is 0 Å². The topological polar surface area (TPSA) is 35.2 Å². The van der Waals surface area contributed by atoms with Crippen LogP contribution in [0.2, 0.25) is 0 Å². The molecule has 0 aromatic heterocycles. The summed E-state index contributed by atoms with van der Waals surface area (Å²) in [7, 11) is 0. The Bertz CT molecular complexity index is 591. The minimum absolute atomic E-state index is 0.00923. The largest absolute Gasteiger partial charge is 0.485 e. The van der Waals surface area contributed by atoms with E-state index in [1.54, 1.807) is 0 Å². The molecule has 0 spiro atoms. The van der Waals surface area contributed by atoms with Gasteiger partial charge in [-0.25, -0.2) is 0 Å². The molecule has 3 rings (SSSR count). The second kappa shape index (κ2) is 5.68. The highest BCUT2D eigenvalue weighted by atomic mass is 16.5. The number of benzene rings is 2. The van der Waals surface area contributed by atoms with Crippen LogP contribution in [0.15, 0.2) is 48.5 Å². The van der Waals surface area contributed by atoms with Crippen LogP contribution in [-0.2, 0) is 6.42 Å². The molecule has 2 atom stereocenters. The zero-order valence-corrected chi connectivity index (χ0v) is 11.9. The molecule has 0 saturated heterocycles. The van der Waals surface area contributed by atoms with Crippen molar-refractivity contribution in [2.75, 3.05) is 0 Å². The molecule has 0 saturated carbocycles. The SMILES string of the molecule is C[C@H](N)c1ccccc1OC1CCCc2ccccc21. The van der Waals surface area contributed by atoms with Crippen LogP contribution in [0, 0.1) is 0 Å².